The molecule has 0 radical (unpaired) electrons. The van der Waals surface area contributed by atoms with Gasteiger partial charge < -0.3 is 19.4 Å². The minimum atomic E-state index is -0.401. The standard InChI is InChI=1S/C14H19BN2O3/c1-13(2)14(3,4)20-15(19-13)11-7-10(8-16-9-11)12-17-5-6-18-12/h5-9,12,17H,1-4H3. The van der Waals surface area contributed by atoms with E-state index in [4.69, 9.17) is 14.0 Å². The van der Waals surface area contributed by atoms with E-state index in [1.165, 1.54) is 0 Å². The molecule has 1 aromatic heterocycles. The lowest BCUT2D eigenvalue weighted by molar-refractivity contribution is 0.00578. The van der Waals surface area contributed by atoms with E-state index in [1.54, 1.807) is 24.9 Å². The molecule has 0 aliphatic carbocycles. The summed E-state index contributed by atoms with van der Waals surface area (Å²) in [7, 11) is -0.401. The van der Waals surface area contributed by atoms with E-state index < -0.39 is 7.12 Å². The van der Waals surface area contributed by atoms with Crippen LogP contribution in [0.25, 0.3) is 0 Å². The van der Waals surface area contributed by atoms with Crippen molar-refractivity contribution in [2.45, 2.75) is 45.1 Å². The summed E-state index contributed by atoms with van der Waals surface area (Å²) in [6, 6.07) is 2.00. The average Bonchev–Trinajstić information content (AvgIpc) is 2.97. The van der Waals surface area contributed by atoms with Crippen molar-refractivity contribution < 1.29 is 14.0 Å². The zero-order valence-corrected chi connectivity index (χ0v) is 12.2. The molecule has 2 aliphatic rings. The van der Waals surface area contributed by atoms with Crippen LogP contribution in [-0.4, -0.2) is 23.3 Å². The molecule has 6 heteroatoms. The maximum absolute atomic E-state index is 6.03. The molecular formula is C14H19BN2O3. The number of pyridine rings is 1. The van der Waals surface area contributed by atoms with Crippen LogP contribution < -0.4 is 10.8 Å². The van der Waals surface area contributed by atoms with Gasteiger partial charge >= 0.3 is 7.12 Å². The Morgan fingerprint density at radius 1 is 1.15 bits per heavy atom. The van der Waals surface area contributed by atoms with Crippen molar-refractivity contribution in [3.63, 3.8) is 0 Å². The molecule has 0 aromatic carbocycles. The topological polar surface area (TPSA) is 52.6 Å². The van der Waals surface area contributed by atoms with E-state index in [2.05, 4.69) is 10.3 Å². The summed E-state index contributed by atoms with van der Waals surface area (Å²) >= 11 is 0. The Morgan fingerprint density at radius 3 is 2.45 bits per heavy atom. The number of nitrogens with zero attached hydrogens (tertiary/aromatic N) is 1. The van der Waals surface area contributed by atoms with Crippen molar-refractivity contribution in [3.05, 3.63) is 36.5 Å². The quantitative estimate of drug-likeness (QED) is 0.828. The van der Waals surface area contributed by atoms with Crippen molar-refractivity contribution in [1.29, 1.82) is 0 Å². The van der Waals surface area contributed by atoms with Crippen molar-refractivity contribution in [2.75, 3.05) is 0 Å². The van der Waals surface area contributed by atoms with Crippen LogP contribution in [0.2, 0.25) is 0 Å². The Morgan fingerprint density at radius 2 is 1.85 bits per heavy atom. The van der Waals surface area contributed by atoms with Crippen LogP contribution in [-0.2, 0) is 14.0 Å². The third-order valence-corrected chi connectivity index (χ3v) is 4.14. The molecule has 3 rings (SSSR count). The molecule has 1 fully saturated rings. The lowest BCUT2D eigenvalue weighted by atomic mass is 9.79. The van der Waals surface area contributed by atoms with Crippen LogP contribution >= 0.6 is 0 Å². The summed E-state index contributed by atoms with van der Waals surface area (Å²) in [6.45, 7) is 8.15. The monoisotopic (exact) mass is 274 g/mol. The second kappa shape index (κ2) is 4.50. The smallest absolute Gasteiger partial charge is 0.473 e. The molecular weight excluding hydrogens is 255 g/mol. The van der Waals surface area contributed by atoms with Gasteiger partial charge in [-0.25, -0.2) is 0 Å². The number of hydrogen-bond acceptors (Lipinski definition) is 5. The lowest BCUT2D eigenvalue weighted by Gasteiger charge is -2.32. The van der Waals surface area contributed by atoms with Crippen molar-refractivity contribution in [3.8, 4) is 0 Å². The van der Waals surface area contributed by atoms with E-state index in [0.717, 1.165) is 11.0 Å². The van der Waals surface area contributed by atoms with Gasteiger partial charge in [0.1, 0.15) is 6.26 Å². The van der Waals surface area contributed by atoms with Crippen molar-refractivity contribution in [2.24, 2.45) is 0 Å². The summed E-state index contributed by atoms with van der Waals surface area (Å²) in [5.41, 5.74) is 1.15. The summed E-state index contributed by atoms with van der Waals surface area (Å²) in [4.78, 5) is 4.26. The average molecular weight is 274 g/mol. The molecule has 0 bridgehead atoms. The Hall–Kier alpha value is -1.53. The zero-order valence-electron chi connectivity index (χ0n) is 12.2. The number of hydrogen-bond donors (Lipinski definition) is 1. The predicted octanol–water partition coefficient (Wildman–Crippen LogP) is 1.47. The number of aromatic nitrogens is 1. The maximum atomic E-state index is 6.03. The van der Waals surface area contributed by atoms with Crippen molar-refractivity contribution in [1.82, 2.24) is 10.3 Å². The van der Waals surface area contributed by atoms with E-state index in [0.29, 0.717) is 0 Å². The molecule has 1 aromatic rings. The highest BCUT2D eigenvalue weighted by atomic mass is 16.7. The Balaban J connectivity index is 1.83. The van der Waals surface area contributed by atoms with Gasteiger partial charge in [0.05, 0.1) is 11.2 Å². The highest BCUT2D eigenvalue weighted by molar-refractivity contribution is 6.62. The molecule has 5 nitrogen and oxygen atoms in total. The Labute approximate surface area is 119 Å². The maximum Gasteiger partial charge on any atom is 0.496 e. The molecule has 1 N–H and O–H groups in total. The van der Waals surface area contributed by atoms with Gasteiger partial charge in [-0.2, -0.15) is 0 Å². The molecule has 1 unspecified atom stereocenters. The predicted molar refractivity (Wildman–Crippen MR) is 76.1 cm³/mol. The van der Waals surface area contributed by atoms with Gasteiger partial charge in [-0.05, 0) is 27.7 Å². The van der Waals surface area contributed by atoms with Gasteiger partial charge in [0.2, 0.25) is 0 Å². The Bertz CT molecular complexity index is 521. The first kappa shape index (κ1) is 13.5. The Kier molecular flexibility index (Phi) is 3.03. The summed E-state index contributed by atoms with van der Waals surface area (Å²) in [5, 5.41) is 3.10. The van der Waals surface area contributed by atoms with Gasteiger partial charge in [-0.1, -0.05) is 6.07 Å². The van der Waals surface area contributed by atoms with Crippen LogP contribution in [0.15, 0.2) is 30.9 Å². The van der Waals surface area contributed by atoms with Gasteiger partial charge in [0.25, 0.3) is 0 Å². The first-order valence-electron chi connectivity index (χ1n) is 6.76. The SMILES string of the molecule is CC1(C)OB(c2cncc(C3NC=CO3)c2)OC1(C)C. The van der Waals surface area contributed by atoms with Gasteiger partial charge in [-0.15, -0.1) is 0 Å². The van der Waals surface area contributed by atoms with Crippen LogP contribution in [0.4, 0.5) is 0 Å². The highest BCUT2D eigenvalue weighted by Crippen LogP contribution is 2.36. The summed E-state index contributed by atoms with van der Waals surface area (Å²) in [6.07, 6.45) is 6.76. The third-order valence-electron chi connectivity index (χ3n) is 4.14. The second-order valence-electron chi connectivity index (χ2n) is 6.13. The molecule has 0 amide bonds. The van der Waals surface area contributed by atoms with E-state index in [-0.39, 0.29) is 17.4 Å². The summed E-state index contributed by atoms with van der Waals surface area (Å²) < 4.78 is 17.5. The van der Waals surface area contributed by atoms with E-state index in [1.807, 2.05) is 33.8 Å². The fourth-order valence-electron chi connectivity index (χ4n) is 2.19. The summed E-state index contributed by atoms with van der Waals surface area (Å²) in [5.74, 6) is 0. The van der Waals surface area contributed by atoms with Gasteiger partial charge in [0, 0.05) is 29.6 Å². The molecule has 0 spiro atoms. The number of ether oxygens (including phenoxy) is 1. The zero-order chi connectivity index (χ0) is 14.4. The largest absolute Gasteiger partial charge is 0.496 e. The van der Waals surface area contributed by atoms with Gasteiger partial charge in [0.15, 0.2) is 6.23 Å². The van der Waals surface area contributed by atoms with Crippen LogP contribution in [0.1, 0.15) is 39.5 Å². The molecule has 1 atom stereocenters. The fraction of sp³-hybridized carbons (Fsp3) is 0.500. The van der Waals surface area contributed by atoms with Gasteiger partial charge in [-0.3, -0.25) is 4.98 Å². The molecule has 1 saturated heterocycles. The fourth-order valence-corrected chi connectivity index (χ4v) is 2.19. The highest BCUT2D eigenvalue weighted by Gasteiger charge is 2.51. The minimum absolute atomic E-state index is 0.190. The number of nitrogens with one attached hydrogen (secondary N) is 1. The first-order chi connectivity index (χ1) is 9.39. The minimum Gasteiger partial charge on any atom is -0.473 e. The van der Waals surface area contributed by atoms with Crippen molar-refractivity contribution >= 4 is 12.6 Å². The normalized spacial score (nSPS) is 26.4. The second-order valence-corrected chi connectivity index (χ2v) is 6.13. The van der Waals surface area contributed by atoms with E-state index in [9.17, 15) is 0 Å². The molecule has 106 valence electrons. The third kappa shape index (κ3) is 2.19. The molecule has 20 heavy (non-hydrogen) atoms. The first-order valence-corrected chi connectivity index (χ1v) is 6.76. The molecule has 2 aliphatic heterocycles. The number of rotatable bonds is 2. The van der Waals surface area contributed by atoms with Crippen LogP contribution in [0, 0.1) is 0 Å². The molecule has 0 saturated carbocycles. The van der Waals surface area contributed by atoms with Crippen LogP contribution in [0.5, 0.6) is 0 Å². The lowest BCUT2D eigenvalue weighted by Crippen LogP contribution is -2.41. The van der Waals surface area contributed by atoms with Crippen LogP contribution in [0.3, 0.4) is 0 Å². The molecule has 3 heterocycles. The van der Waals surface area contributed by atoms with E-state index >= 15 is 0 Å².